The molecule has 80 valence electrons. The molecule has 1 fully saturated rings. The highest BCUT2D eigenvalue weighted by Gasteiger charge is 2.45. The second-order valence-electron chi connectivity index (χ2n) is 3.69. The number of esters is 1. The van der Waals surface area contributed by atoms with Gasteiger partial charge in [0.25, 0.3) is 0 Å². The molecule has 0 N–H and O–H groups in total. The van der Waals surface area contributed by atoms with E-state index in [2.05, 4.69) is 15.9 Å². The van der Waals surface area contributed by atoms with Crippen molar-refractivity contribution < 1.29 is 14.3 Å². The Morgan fingerprint density at radius 1 is 1.50 bits per heavy atom. The smallest absolute Gasteiger partial charge is 0.320 e. The Morgan fingerprint density at radius 3 is 2.79 bits per heavy atom. The van der Waals surface area contributed by atoms with Crippen LogP contribution in [0.15, 0.2) is 0 Å². The van der Waals surface area contributed by atoms with Crippen LogP contribution in [0.5, 0.6) is 0 Å². The lowest BCUT2D eigenvalue weighted by atomic mass is 9.81. The second-order valence-corrected chi connectivity index (χ2v) is 4.25. The van der Waals surface area contributed by atoms with Crippen molar-refractivity contribution in [2.45, 2.75) is 32.1 Å². The molecular formula is C10H15BrO3. The molecule has 0 amide bonds. The van der Waals surface area contributed by atoms with E-state index in [0.717, 1.165) is 19.3 Å². The maximum absolute atomic E-state index is 11.8. The van der Waals surface area contributed by atoms with Crippen LogP contribution in [0.1, 0.15) is 32.1 Å². The van der Waals surface area contributed by atoms with Crippen molar-refractivity contribution in [2.75, 3.05) is 12.4 Å². The highest BCUT2D eigenvalue weighted by Crippen LogP contribution is 2.35. The van der Waals surface area contributed by atoms with E-state index in [9.17, 15) is 9.59 Å². The van der Waals surface area contributed by atoms with Gasteiger partial charge in [0.05, 0.1) is 7.11 Å². The molecule has 1 aliphatic carbocycles. The monoisotopic (exact) mass is 262 g/mol. The second kappa shape index (κ2) is 4.91. The minimum Gasteiger partial charge on any atom is -0.468 e. The standard InChI is InChI=1S/C10H15BrO3/c1-14-9(13)10(7-11)6-4-2-3-5-8(10)12/h2-7H2,1H3/t10-/m0/s1. The van der Waals surface area contributed by atoms with E-state index in [-0.39, 0.29) is 11.8 Å². The Labute approximate surface area is 92.3 Å². The van der Waals surface area contributed by atoms with E-state index in [0.29, 0.717) is 18.2 Å². The summed E-state index contributed by atoms with van der Waals surface area (Å²) in [6.07, 6.45) is 3.96. The Balaban J connectivity index is 2.92. The molecule has 1 saturated carbocycles. The van der Waals surface area contributed by atoms with Gasteiger partial charge in [0, 0.05) is 11.8 Å². The summed E-state index contributed by atoms with van der Waals surface area (Å²) < 4.78 is 4.72. The predicted octanol–water partition coefficient (Wildman–Crippen LogP) is 2.07. The largest absolute Gasteiger partial charge is 0.468 e. The Bertz CT molecular complexity index is 240. The molecule has 4 heteroatoms. The highest BCUT2D eigenvalue weighted by atomic mass is 79.9. The average Bonchev–Trinajstić information content (AvgIpc) is 2.40. The van der Waals surface area contributed by atoms with Gasteiger partial charge in [0.2, 0.25) is 0 Å². The van der Waals surface area contributed by atoms with E-state index in [4.69, 9.17) is 4.74 Å². The summed E-state index contributed by atoms with van der Waals surface area (Å²) in [7, 11) is 1.34. The molecule has 0 aromatic rings. The molecule has 0 saturated heterocycles. The van der Waals surface area contributed by atoms with Gasteiger partial charge in [-0.3, -0.25) is 9.59 Å². The van der Waals surface area contributed by atoms with Crippen molar-refractivity contribution in [3.63, 3.8) is 0 Å². The number of hydrogen-bond donors (Lipinski definition) is 0. The van der Waals surface area contributed by atoms with Gasteiger partial charge in [0.1, 0.15) is 5.41 Å². The number of ether oxygens (including phenoxy) is 1. The Morgan fingerprint density at radius 2 is 2.21 bits per heavy atom. The van der Waals surface area contributed by atoms with Crippen molar-refractivity contribution in [1.29, 1.82) is 0 Å². The molecule has 0 spiro atoms. The Hall–Kier alpha value is -0.380. The Kier molecular flexibility index (Phi) is 4.11. The fourth-order valence-electron chi connectivity index (χ4n) is 1.87. The van der Waals surface area contributed by atoms with Crippen molar-refractivity contribution in [2.24, 2.45) is 5.41 Å². The number of methoxy groups -OCH3 is 1. The molecule has 1 atom stereocenters. The van der Waals surface area contributed by atoms with Gasteiger partial charge in [-0.05, 0) is 12.8 Å². The molecule has 1 aliphatic rings. The number of hydrogen-bond acceptors (Lipinski definition) is 3. The lowest BCUT2D eigenvalue weighted by Gasteiger charge is -2.25. The SMILES string of the molecule is COC(=O)[C@]1(CBr)CCCCCC1=O. The molecule has 0 radical (unpaired) electrons. The quantitative estimate of drug-likeness (QED) is 0.331. The minimum atomic E-state index is -0.911. The fourth-order valence-corrected chi connectivity index (χ4v) is 2.70. The molecule has 14 heavy (non-hydrogen) atoms. The summed E-state index contributed by atoms with van der Waals surface area (Å²) in [4.78, 5) is 23.4. The normalized spacial score (nSPS) is 28.3. The number of carbonyl (C=O) groups excluding carboxylic acids is 2. The van der Waals surface area contributed by atoms with Gasteiger partial charge in [-0.2, -0.15) is 0 Å². The van der Waals surface area contributed by atoms with E-state index < -0.39 is 5.41 Å². The summed E-state index contributed by atoms with van der Waals surface area (Å²) in [6, 6.07) is 0. The zero-order valence-corrected chi connectivity index (χ0v) is 9.93. The van der Waals surface area contributed by atoms with Crippen LogP contribution in [0.25, 0.3) is 0 Å². The number of halogens is 1. The maximum atomic E-state index is 11.8. The van der Waals surface area contributed by atoms with Crippen LogP contribution in [0.3, 0.4) is 0 Å². The van der Waals surface area contributed by atoms with Crippen molar-refractivity contribution >= 4 is 27.7 Å². The first-order valence-corrected chi connectivity index (χ1v) is 5.97. The summed E-state index contributed by atoms with van der Waals surface area (Å²) in [5.74, 6) is -0.361. The van der Waals surface area contributed by atoms with E-state index in [1.165, 1.54) is 7.11 Å². The lowest BCUT2D eigenvalue weighted by Crippen LogP contribution is -2.41. The summed E-state index contributed by atoms with van der Waals surface area (Å²) in [5, 5.41) is 0.380. The van der Waals surface area contributed by atoms with Crippen molar-refractivity contribution in [3.8, 4) is 0 Å². The summed E-state index contributed by atoms with van der Waals surface area (Å²) in [6.45, 7) is 0. The minimum absolute atomic E-state index is 0.0266. The van der Waals surface area contributed by atoms with Gasteiger partial charge in [-0.25, -0.2) is 0 Å². The number of rotatable bonds is 2. The van der Waals surface area contributed by atoms with Crippen LogP contribution in [-0.2, 0) is 14.3 Å². The van der Waals surface area contributed by atoms with Crippen LogP contribution in [0, 0.1) is 5.41 Å². The third kappa shape index (κ3) is 2.00. The highest BCUT2D eigenvalue weighted by molar-refractivity contribution is 9.09. The fraction of sp³-hybridized carbons (Fsp3) is 0.800. The van der Waals surface area contributed by atoms with Crippen molar-refractivity contribution in [3.05, 3.63) is 0 Å². The van der Waals surface area contributed by atoms with Gasteiger partial charge in [-0.1, -0.05) is 28.8 Å². The summed E-state index contributed by atoms with van der Waals surface area (Å²) in [5.41, 5.74) is -0.911. The zero-order valence-electron chi connectivity index (χ0n) is 8.35. The third-order valence-corrected chi connectivity index (χ3v) is 3.80. The maximum Gasteiger partial charge on any atom is 0.320 e. The molecule has 0 aromatic carbocycles. The first kappa shape index (κ1) is 11.7. The number of carbonyl (C=O) groups is 2. The first-order chi connectivity index (χ1) is 6.67. The van der Waals surface area contributed by atoms with E-state index >= 15 is 0 Å². The van der Waals surface area contributed by atoms with Crippen LogP contribution in [0.4, 0.5) is 0 Å². The van der Waals surface area contributed by atoms with Crippen LogP contribution < -0.4 is 0 Å². The van der Waals surface area contributed by atoms with Crippen LogP contribution in [-0.4, -0.2) is 24.2 Å². The van der Waals surface area contributed by atoms with Gasteiger partial charge >= 0.3 is 5.97 Å². The van der Waals surface area contributed by atoms with Gasteiger partial charge < -0.3 is 4.74 Å². The third-order valence-electron chi connectivity index (χ3n) is 2.85. The molecule has 0 aliphatic heterocycles. The molecule has 0 bridgehead atoms. The molecule has 0 aromatic heterocycles. The zero-order chi connectivity index (χ0) is 10.6. The van der Waals surface area contributed by atoms with Gasteiger partial charge in [0.15, 0.2) is 5.78 Å². The molecule has 0 unspecified atom stereocenters. The predicted molar refractivity (Wildman–Crippen MR) is 56.3 cm³/mol. The first-order valence-electron chi connectivity index (χ1n) is 4.85. The van der Waals surface area contributed by atoms with Crippen LogP contribution in [0.2, 0.25) is 0 Å². The summed E-state index contributed by atoms with van der Waals surface area (Å²) >= 11 is 3.26. The van der Waals surface area contributed by atoms with E-state index in [1.807, 2.05) is 0 Å². The van der Waals surface area contributed by atoms with Crippen molar-refractivity contribution in [1.82, 2.24) is 0 Å². The number of ketones is 1. The van der Waals surface area contributed by atoms with Crippen LogP contribution >= 0.6 is 15.9 Å². The molecular weight excluding hydrogens is 248 g/mol. The molecule has 1 rings (SSSR count). The van der Waals surface area contributed by atoms with Gasteiger partial charge in [-0.15, -0.1) is 0 Å². The molecule has 3 nitrogen and oxygen atoms in total. The topological polar surface area (TPSA) is 43.4 Å². The van der Waals surface area contributed by atoms with E-state index in [1.54, 1.807) is 0 Å². The average molecular weight is 263 g/mol. The number of Topliss-reactive ketones (excluding diaryl/α,β-unsaturated/α-hetero) is 1. The number of alkyl halides is 1. The lowest BCUT2D eigenvalue weighted by molar-refractivity contribution is -0.156. The molecule has 0 heterocycles.